The molecule has 0 saturated carbocycles. The first-order valence-corrected chi connectivity index (χ1v) is 3.77. The number of nitrogens with one attached hydrogen (secondary N) is 2. The summed E-state index contributed by atoms with van der Waals surface area (Å²) in [4.78, 5) is 17.3. The number of hydrogen-bond donors (Lipinski definition) is 2. The molecule has 1 fully saturated rings. The molecular weight excluding hydrogens is 158 g/mol. The lowest BCUT2D eigenvalue weighted by Crippen LogP contribution is -2.51. The van der Waals surface area contributed by atoms with E-state index in [4.69, 9.17) is 4.74 Å². The fraction of sp³-hybridized carbons (Fsp3) is 0.429. The molecule has 1 aromatic rings. The number of rotatable bonds is 2. The zero-order valence-electron chi connectivity index (χ0n) is 6.41. The van der Waals surface area contributed by atoms with Crippen molar-refractivity contribution in [3.63, 3.8) is 0 Å². The third kappa shape index (κ3) is 1.31. The van der Waals surface area contributed by atoms with Crippen LogP contribution < -0.4 is 15.6 Å². The van der Waals surface area contributed by atoms with Gasteiger partial charge < -0.3 is 15.0 Å². The van der Waals surface area contributed by atoms with Crippen LogP contribution in [0.25, 0.3) is 0 Å². The highest BCUT2D eigenvalue weighted by atomic mass is 16.5. The van der Waals surface area contributed by atoms with Crippen LogP contribution in [0.4, 0.5) is 0 Å². The number of ether oxygens (including phenoxy) is 1. The summed E-state index contributed by atoms with van der Waals surface area (Å²) in [6, 6.07) is 0. The Morgan fingerprint density at radius 1 is 1.58 bits per heavy atom. The van der Waals surface area contributed by atoms with Crippen LogP contribution in [-0.4, -0.2) is 29.2 Å². The molecule has 5 heteroatoms. The molecule has 1 aliphatic heterocycles. The average Bonchev–Trinajstić information content (AvgIpc) is 2.00. The van der Waals surface area contributed by atoms with E-state index in [1.165, 1.54) is 12.4 Å². The third-order valence-corrected chi connectivity index (χ3v) is 1.70. The zero-order chi connectivity index (χ0) is 8.39. The van der Waals surface area contributed by atoms with Crippen LogP contribution in [0.1, 0.15) is 0 Å². The highest BCUT2D eigenvalue weighted by Crippen LogP contribution is 2.02. The van der Waals surface area contributed by atoms with Crippen LogP contribution in [0.3, 0.4) is 0 Å². The SMILES string of the molecule is O=c1[nH]ccnc1OC1CNC1. The van der Waals surface area contributed by atoms with E-state index < -0.39 is 0 Å². The summed E-state index contributed by atoms with van der Waals surface area (Å²) in [5.74, 6) is 0.156. The molecule has 2 N–H and O–H groups in total. The van der Waals surface area contributed by atoms with Gasteiger partial charge in [-0.1, -0.05) is 0 Å². The van der Waals surface area contributed by atoms with Crippen molar-refractivity contribution in [2.75, 3.05) is 13.1 Å². The smallest absolute Gasteiger partial charge is 0.310 e. The molecular formula is C7H9N3O2. The van der Waals surface area contributed by atoms with Gasteiger partial charge in [0.05, 0.1) is 0 Å². The molecule has 2 heterocycles. The van der Waals surface area contributed by atoms with Crippen molar-refractivity contribution >= 4 is 0 Å². The van der Waals surface area contributed by atoms with Crippen LogP contribution in [0, 0.1) is 0 Å². The van der Waals surface area contributed by atoms with E-state index in [9.17, 15) is 4.79 Å². The molecule has 0 bridgehead atoms. The minimum absolute atomic E-state index is 0.0981. The van der Waals surface area contributed by atoms with Crippen molar-refractivity contribution < 1.29 is 4.74 Å². The first-order valence-electron chi connectivity index (χ1n) is 3.77. The van der Waals surface area contributed by atoms with Gasteiger partial charge >= 0.3 is 5.56 Å². The molecule has 0 radical (unpaired) electrons. The van der Waals surface area contributed by atoms with Gasteiger partial charge in [-0.05, 0) is 0 Å². The Morgan fingerprint density at radius 2 is 2.42 bits per heavy atom. The summed E-state index contributed by atoms with van der Waals surface area (Å²) in [6.45, 7) is 1.58. The third-order valence-electron chi connectivity index (χ3n) is 1.70. The number of hydrogen-bond acceptors (Lipinski definition) is 4. The normalized spacial score (nSPS) is 17.0. The highest BCUT2D eigenvalue weighted by molar-refractivity contribution is 5.04. The second kappa shape index (κ2) is 2.94. The molecule has 0 atom stereocenters. The van der Waals surface area contributed by atoms with Gasteiger partial charge in [-0.15, -0.1) is 0 Å². The van der Waals surface area contributed by atoms with Crippen molar-refractivity contribution in [1.82, 2.24) is 15.3 Å². The number of nitrogens with zero attached hydrogens (tertiary/aromatic N) is 1. The fourth-order valence-electron chi connectivity index (χ4n) is 0.926. The van der Waals surface area contributed by atoms with Gasteiger partial charge in [0.25, 0.3) is 5.88 Å². The average molecular weight is 167 g/mol. The van der Waals surface area contributed by atoms with E-state index >= 15 is 0 Å². The van der Waals surface area contributed by atoms with Gasteiger partial charge in [-0.2, -0.15) is 0 Å². The molecule has 0 unspecified atom stereocenters. The van der Waals surface area contributed by atoms with E-state index in [1.807, 2.05) is 0 Å². The molecule has 1 aromatic heterocycles. The maximum absolute atomic E-state index is 11.0. The van der Waals surface area contributed by atoms with E-state index in [1.54, 1.807) is 0 Å². The Labute approximate surface area is 68.8 Å². The Balaban J connectivity index is 2.11. The Bertz CT molecular complexity index is 318. The Kier molecular flexibility index (Phi) is 1.79. The molecule has 0 aliphatic carbocycles. The molecule has 0 amide bonds. The summed E-state index contributed by atoms with van der Waals surface area (Å²) in [6.07, 6.45) is 3.08. The van der Waals surface area contributed by atoms with Crippen LogP contribution in [-0.2, 0) is 0 Å². The summed E-state index contributed by atoms with van der Waals surface area (Å²) in [5.41, 5.74) is -0.274. The summed E-state index contributed by atoms with van der Waals surface area (Å²) in [5, 5.41) is 3.04. The molecule has 12 heavy (non-hydrogen) atoms. The molecule has 0 spiro atoms. The monoisotopic (exact) mass is 167 g/mol. The minimum Gasteiger partial charge on any atom is -0.468 e. The topological polar surface area (TPSA) is 67.0 Å². The van der Waals surface area contributed by atoms with E-state index in [2.05, 4.69) is 15.3 Å². The number of aromatic amines is 1. The van der Waals surface area contributed by atoms with E-state index in [-0.39, 0.29) is 17.5 Å². The largest absolute Gasteiger partial charge is 0.468 e. The summed E-state index contributed by atoms with van der Waals surface area (Å²) < 4.78 is 5.26. The molecule has 1 aliphatic rings. The summed E-state index contributed by atoms with van der Waals surface area (Å²) in [7, 11) is 0. The number of H-pyrrole nitrogens is 1. The first kappa shape index (κ1) is 7.30. The predicted octanol–water partition coefficient (Wildman–Crippen LogP) is -0.879. The maximum atomic E-state index is 11.0. The fourth-order valence-corrected chi connectivity index (χ4v) is 0.926. The standard InChI is InChI=1S/C7H9N3O2/c11-6-7(10-2-1-9-6)12-5-3-8-4-5/h1-2,5,8H,3-4H2,(H,9,11). The lowest BCUT2D eigenvalue weighted by atomic mass is 10.2. The van der Waals surface area contributed by atoms with Gasteiger partial charge in [-0.25, -0.2) is 4.98 Å². The van der Waals surface area contributed by atoms with Gasteiger partial charge in [0, 0.05) is 25.5 Å². The minimum atomic E-state index is -0.274. The summed E-state index contributed by atoms with van der Waals surface area (Å²) >= 11 is 0. The van der Waals surface area contributed by atoms with Crippen molar-refractivity contribution in [1.29, 1.82) is 0 Å². The maximum Gasteiger partial charge on any atom is 0.310 e. The van der Waals surface area contributed by atoms with E-state index in [0.29, 0.717) is 0 Å². The molecule has 0 aromatic carbocycles. The number of aromatic nitrogens is 2. The predicted molar refractivity (Wildman–Crippen MR) is 42.1 cm³/mol. The van der Waals surface area contributed by atoms with Gasteiger partial charge in [0.2, 0.25) is 0 Å². The molecule has 64 valence electrons. The quantitative estimate of drug-likeness (QED) is 0.600. The molecule has 1 saturated heterocycles. The van der Waals surface area contributed by atoms with Crippen molar-refractivity contribution in [3.05, 3.63) is 22.7 Å². The van der Waals surface area contributed by atoms with Gasteiger partial charge in [0.15, 0.2) is 0 Å². The van der Waals surface area contributed by atoms with Gasteiger partial charge in [-0.3, -0.25) is 4.79 Å². The van der Waals surface area contributed by atoms with Crippen molar-refractivity contribution in [2.24, 2.45) is 0 Å². The van der Waals surface area contributed by atoms with Crippen LogP contribution in [0.5, 0.6) is 5.88 Å². The molecule has 2 rings (SSSR count). The second-order valence-electron chi connectivity index (χ2n) is 2.62. The van der Waals surface area contributed by atoms with Crippen molar-refractivity contribution in [2.45, 2.75) is 6.10 Å². The Hall–Kier alpha value is -1.36. The zero-order valence-corrected chi connectivity index (χ0v) is 6.41. The van der Waals surface area contributed by atoms with Gasteiger partial charge in [0.1, 0.15) is 6.10 Å². The molecule has 5 nitrogen and oxygen atoms in total. The first-order chi connectivity index (χ1) is 5.86. The van der Waals surface area contributed by atoms with E-state index in [0.717, 1.165) is 13.1 Å². The lowest BCUT2D eigenvalue weighted by Gasteiger charge is -2.26. The Morgan fingerprint density at radius 3 is 3.00 bits per heavy atom. The lowest BCUT2D eigenvalue weighted by molar-refractivity contribution is 0.134. The van der Waals surface area contributed by atoms with Crippen molar-refractivity contribution in [3.8, 4) is 5.88 Å². The second-order valence-corrected chi connectivity index (χ2v) is 2.62. The van der Waals surface area contributed by atoms with Crippen LogP contribution in [0.15, 0.2) is 17.2 Å². The van der Waals surface area contributed by atoms with Crippen LogP contribution >= 0.6 is 0 Å². The van der Waals surface area contributed by atoms with Crippen LogP contribution in [0.2, 0.25) is 0 Å². The highest BCUT2D eigenvalue weighted by Gasteiger charge is 2.19.